The summed E-state index contributed by atoms with van der Waals surface area (Å²) in [5.74, 6) is 2.75. The Kier molecular flexibility index (Phi) is 2.76. The molecule has 17 heavy (non-hydrogen) atoms. The fourth-order valence-corrected chi connectivity index (χ4v) is 2.10. The van der Waals surface area contributed by atoms with Gasteiger partial charge in [0.25, 0.3) is 0 Å². The molecule has 90 valence electrons. The third kappa shape index (κ3) is 2.44. The van der Waals surface area contributed by atoms with E-state index in [-0.39, 0.29) is 0 Å². The first-order valence-corrected chi connectivity index (χ1v) is 6.51. The monoisotopic (exact) mass is 251 g/mol. The molecule has 0 aliphatic heterocycles. The number of hydrogen-bond donors (Lipinski definition) is 1. The van der Waals surface area contributed by atoms with Crippen LogP contribution in [-0.4, -0.2) is 19.6 Å². The maximum Gasteiger partial charge on any atom is 0.235 e. The Balaban J connectivity index is 1.58. The molecule has 2 heterocycles. The predicted octanol–water partition coefficient (Wildman–Crippen LogP) is 1.97. The number of anilines is 1. The molecule has 0 bridgehead atoms. The van der Waals surface area contributed by atoms with Crippen molar-refractivity contribution >= 4 is 16.7 Å². The standard InChI is InChI=1S/C10H13N5OS/c1-2-7-12-10(17-15-7)11-5-8-13-14-9(16-8)6-3-4-6/h6H,2-5H2,1H3,(H,11,12,15). The van der Waals surface area contributed by atoms with Crippen molar-refractivity contribution in [2.45, 2.75) is 38.6 Å². The lowest BCUT2D eigenvalue weighted by Crippen LogP contribution is -1.99. The van der Waals surface area contributed by atoms with Crippen LogP contribution >= 0.6 is 11.5 Å². The molecule has 0 atom stereocenters. The van der Waals surface area contributed by atoms with Crippen LogP contribution in [0.1, 0.15) is 43.3 Å². The molecular weight excluding hydrogens is 238 g/mol. The number of aromatic nitrogens is 4. The SMILES string of the molecule is CCc1nsc(NCc2nnc(C3CC3)o2)n1. The van der Waals surface area contributed by atoms with Crippen molar-refractivity contribution in [2.75, 3.05) is 5.32 Å². The summed E-state index contributed by atoms with van der Waals surface area (Å²) in [6, 6.07) is 0. The molecule has 6 nitrogen and oxygen atoms in total. The Morgan fingerprint density at radius 1 is 1.41 bits per heavy atom. The predicted molar refractivity (Wildman–Crippen MR) is 62.9 cm³/mol. The van der Waals surface area contributed by atoms with E-state index in [1.807, 2.05) is 6.92 Å². The summed E-state index contributed by atoms with van der Waals surface area (Å²) in [4.78, 5) is 4.30. The van der Waals surface area contributed by atoms with Gasteiger partial charge in [-0.1, -0.05) is 6.92 Å². The largest absolute Gasteiger partial charge is 0.423 e. The summed E-state index contributed by atoms with van der Waals surface area (Å²) >= 11 is 1.36. The van der Waals surface area contributed by atoms with Crippen molar-refractivity contribution in [3.8, 4) is 0 Å². The van der Waals surface area contributed by atoms with Gasteiger partial charge in [0.15, 0.2) is 0 Å². The van der Waals surface area contributed by atoms with E-state index in [1.54, 1.807) is 0 Å². The van der Waals surface area contributed by atoms with Crippen LogP contribution in [0.3, 0.4) is 0 Å². The molecular formula is C10H13N5OS. The number of nitrogens with one attached hydrogen (secondary N) is 1. The Bertz CT molecular complexity index is 504. The van der Waals surface area contributed by atoms with E-state index in [0.29, 0.717) is 18.4 Å². The van der Waals surface area contributed by atoms with Crippen molar-refractivity contribution in [2.24, 2.45) is 0 Å². The first-order valence-electron chi connectivity index (χ1n) is 5.74. The molecule has 1 aliphatic rings. The quantitative estimate of drug-likeness (QED) is 0.875. The normalized spacial score (nSPS) is 15.1. The summed E-state index contributed by atoms with van der Waals surface area (Å²) in [6.45, 7) is 2.55. The molecule has 2 aromatic heterocycles. The van der Waals surface area contributed by atoms with Crippen LogP contribution in [0.2, 0.25) is 0 Å². The zero-order chi connectivity index (χ0) is 11.7. The van der Waals surface area contributed by atoms with E-state index < -0.39 is 0 Å². The Hall–Kier alpha value is -1.50. The maximum absolute atomic E-state index is 5.53. The van der Waals surface area contributed by atoms with Crippen LogP contribution in [-0.2, 0) is 13.0 Å². The Morgan fingerprint density at radius 3 is 3.00 bits per heavy atom. The highest BCUT2D eigenvalue weighted by Gasteiger charge is 2.29. The van der Waals surface area contributed by atoms with Crippen LogP contribution in [0.15, 0.2) is 4.42 Å². The number of nitrogens with zero attached hydrogens (tertiary/aromatic N) is 4. The highest BCUT2D eigenvalue weighted by atomic mass is 32.1. The zero-order valence-corrected chi connectivity index (χ0v) is 10.3. The van der Waals surface area contributed by atoms with Crippen molar-refractivity contribution in [1.82, 2.24) is 19.6 Å². The van der Waals surface area contributed by atoms with Gasteiger partial charge in [-0.25, -0.2) is 4.98 Å². The van der Waals surface area contributed by atoms with E-state index in [2.05, 4.69) is 24.9 Å². The second-order valence-corrected chi connectivity index (χ2v) is 4.78. The molecule has 1 N–H and O–H groups in total. The van der Waals surface area contributed by atoms with E-state index in [1.165, 1.54) is 24.4 Å². The van der Waals surface area contributed by atoms with E-state index in [0.717, 1.165) is 23.3 Å². The highest BCUT2D eigenvalue weighted by molar-refractivity contribution is 7.09. The van der Waals surface area contributed by atoms with Gasteiger partial charge in [-0.05, 0) is 12.8 Å². The van der Waals surface area contributed by atoms with E-state index in [9.17, 15) is 0 Å². The van der Waals surface area contributed by atoms with Gasteiger partial charge in [0.2, 0.25) is 16.9 Å². The lowest BCUT2D eigenvalue weighted by Gasteiger charge is -1.95. The van der Waals surface area contributed by atoms with Crippen molar-refractivity contribution in [1.29, 1.82) is 0 Å². The third-order valence-corrected chi connectivity index (χ3v) is 3.29. The molecule has 2 aromatic rings. The van der Waals surface area contributed by atoms with Crippen LogP contribution < -0.4 is 5.32 Å². The average molecular weight is 251 g/mol. The molecule has 1 aliphatic carbocycles. The van der Waals surface area contributed by atoms with Crippen LogP contribution in [0.5, 0.6) is 0 Å². The van der Waals surface area contributed by atoms with Crippen LogP contribution in [0.25, 0.3) is 0 Å². The van der Waals surface area contributed by atoms with Gasteiger partial charge >= 0.3 is 0 Å². The molecule has 0 radical (unpaired) electrons. The Morgan fingerprint density at radius 2 is 2.29 bits per heavy atom. The van der Waals surface area contributed by atoms with Gasteiger partial charge in [-0.2, -0.15) is 4.37 Å². The summed E-state index contributed by atoms with van der Waals surface area (Å²) in [6.07, 6.45) is 3.20. The molecule has 0 spiro atoms. The van der Waals surface area contributed by atoms with E-state index in [4.69, 9.17) is 4.42 Å². The minimum Gasteiger partial charge on any atom is -0.423 e. The van der Waals surface area contributed by atoms with Crippen molar-refractivity contribution in [3.05, 3.63) is 17.6 Å². The molecule has 7 heteroatoms. The fourth-order valence-electron chi connectivity index (χ4n) is 1.45. The molecule has 1 fully saturated rings. The average Bonchev–Trinajstić information content (AvgIpc) is 2.93. The van der Waals surface area contributed by atoms with Crippen LogP contribution in [0.4, 0.5) is 5.13 Å². The lowest BCUT2D eigenvalue weighted by atomic mass is 10.4. The topological polar surface area (TPSA) is 76.7 Å². The summed E-state index contributed by atoms with van der Waals surface area (Å²) < 4.78 is 9.73. The molecule has 1 saturated carbocycles. The third-order valence-electron chi connectivity index (χ3n) is 2.58. The van der Waals surface area contributed by atoms with Crippen molar-refractivity contribution < 1.29 is 4.42 Å². The number of hydrogen-bond acceptors (Lipinski definition) is 7. The smallest absolute Gasteiger partial charge is 0.235 e. The maximum atomic E-state index is 5.53. The van der Waals surface area contributed by atoms with Gasteiger partial charge in [0.1, 0.15) is 5.82 Å². The zero-order valence-electron chi connectivity index (χ0n) is 9.51. The summed E-state index contributed by atoms with van der Waals surface area (Å²) in [7, 11) is 0. The minimum absolute atomic E-state index is 0.504. The highest BCUT2D eigenvalue weighted by Crippen LogP contribution is 2.38. The fraction of sp³-hybridized carbons (Fsp3) is 0.600. The minimum atomic E-state index is 0.504. The van der Waals surface area contributed by atoms with Gasteiger partial charge in [0.05, 0.1) is 6.54 Å². The van der Waals surface area contributed by atoms with Gasteiger partial charge < -0.3 is 9.73 Å². The summed E-state index contributed by atoms with van der Waals surface area (Å²) in [5.41, 5.74) is 0. The van der Waals surface area contributed by atoms with Crippen molar-refractivity contribution in [3.63, 3.8) is 0 Å². The van der Waals surface area contributed by atoms with Gasteiger partial charge in [0, 0.05) is 23.9 Å². The van der Waals surface area contributed by atoms with Gasteiger partial charge in [-0.3, -0.25) is 0 Å². The Labute approximate surface area is 103 Å². The molecule has 0 saturated heterocycles. The van der Waals surface area contributed by atoms with Crippen LogP contribution in [0, 0.1) is 0 Å². The number of aryl methyl sites for hydroxylation is 1. The first kappa shape index (κ1) is 10.6. The first-order chi connectivity index (χ1) is 8.35. The summed E-state index contributed by atoms with van der Waals surface area (Å²) in [5, 5.41) is 12.0. The van der Waals surface area contributed by atoms with Gasteiger partial charge in [-0.15, -0.1) is 10.2 Å². The molecule has 0 unspecified atom stereocenters. The second kappa shape index (κ2) is 4.40. The van der Waals surface area contributed by atoms with E-state index >= 15 is 0 Å². The number of rotatable bonds is 5. The molecule has 3 rings (SSSR count). The molecule has 0 aromatic carbocycles. The molecule has 0 amide bonds. The lowest BCUT2D eigenvalue weighted by molar-refractivity contribution is 0.457. The second-order valence-electron chi connectivity index (χ2n) is 4.03.